The molecule has 0 aromatic carbocycles. The zero-order chi connectivity index (χ0) is 22.8. The van der Waals surface area contributed by atoms with E-state index in [4.69, 9.17) is 34.7 Å². The summed E-state index contributed by atoms with van der Waals surface area (Å²) in [4.78, 5) is 34.5. The third-order valence-electron chi connectivity index (χ3n) is 3.22. The highest BCUT2D eigenvalue weighted by Gasteiger charge is 2.23. The number of halogens is 2. The lowest BCUT2D eigenvalue weighted by Gasteiger charge is -2.05. The molecule has 0 bridgehead atoms. The Bertz CT molecular complexity index is 841. The summed E-state index contributed by atoms with van der Waals surface area (Å²) in [5, 5.41) is 26.7. The minimum absolute atomic E-state index is 0.0550. The molecular weight excluding hydrogens is 443 g/mol. The fraction of sp³-hybridized carbons (Fsp3) is 0.429. The summed E-state index contributed by atoms with van der Waals surface area (Å²) in [7, 11) is 0. The molecule has 2 aromatic rings. The first-order valence-electron chi connectivity index (χ1n) is 8.54. The van der Waals surface area contributed by atoms with Crippen LogP contribution < -0.4 is 22.1 Å². The van der Waals surface area contributed by atoms with Gasteiger partial charge in [0.05, 0.1) is 9.85 Å². The number of aromatic nitrogens is 4. The van der Waals surface area contributed by atoms with E-state index >= 15 is 0 Å². The van der Waals surface area contributed by atoms with Gasteiger partial charge in [-0.1, -0.05) is 13.8 Å². The largest absolute Gasteiger partial charge is 0.378 e. The van der Waals surface area contributed by atoms with Gasteiger partial charge < -0.3 is 22.1 Å². The van der Waals surface area contributed by atoms with Crippen molar-refractivity contribution in [1.82, 2.24) is 19.9 Å². The number of anilines is 4. The number of nitrogen functional groups attached to an aromatic ring is 2. The second kappa shape index (κ2) is 11.7. The van der Waals surface area contributed by atoms with Crippen molar-refractivity contribution in [2.24, 2.45) is 0 Å². The maximum absolute atomic E-state index is 10.7. The molecule has 0 aliphatic rings. The Morgan fingerprint density at radius 2 is 1.13 bits per heavy atom. The van der Waals surface area contributed by atoms with Gasteiger partial charge in [0.2, 0.25) is 33.8 Å². The molecule has 2 aromatic heterocycles. The Kier molecular flexibility index (Phi) is 9.64. The molecule has 6 N–H and O–H groups in total. The number of nitrogens with two attached hydrogens (primary N) is 2. The molecule has 0 unspecified atom stereocenters. The van der Waals surface area contributed by atoms with Crippen LogP contribution in [0.5, 0.6) is 0 Å². The molecule has 0 fully saturated rings. The molecular formula is C14H20Cl2N10O4. The fourth-order valence-corrected chi connectivity index (χ4v) is 2.33. The molecule has 0 amide bonds. The first-order chi connectivity index (χ1) is 14.1. The summed E-state index contributed by atoms with van der Waals surface area (Å²) < 4.78 is 0. The van der Waals surface area contributed by atoms with E-state index in [0.717, 1.165) is 12.8 Å². The number of rotatable bonds is 8. The van der Waals surface area contributed by atoms with E-state index in [1.807, 2.05) is 13.8 Å². The monoisotopic (exact) mass is 462 g/mol. The van der Waals surface area contributed by atoms with Crippen molar-refractivity contribution in [3.05, 3.63) is 30.8 Å². The Morgan fingerprint density at radius 3 is 1.40 bits per heavy atom. The number of hydrogen-bond donors (Lipinski definition) is 4. The van der Waals surface area contributed by atoms with Crippen LogP contribution >= 0.6 is 23.2 Å². The van der Waals surface area contributed by atoms with Crippen LogP contribution in [0, 0.1) is 20.2 Å². The van der Waals surface area contributed by atoms with E-state index in [2.05, 4.69) is 30.6 Å². The highest BCUT2D eigenvalue weighted by molar-refractivity contribution is 6.28. The van der Waals surface area contributed by atoms with E-state index in [9.17, 15) is 20.2 Å². The summed E-state index contributed by atoms with van der Waals surface area (Å²) in [5.74, 6) is -0.365. The van der Waals surface area contributed by atoms with Gasteiger partial charge in [-0.25, -0.2) is 0 Å². The van der Waals surface area contributed by atoms with Crippen LogP contribution in [0.2, 0.25) is 10.6 Å². The Labute approximate surface area is 180 Å². The fourth-order valence-electron chi connectivity index (χ4n) is 1.98. The van der Waals surface area contributed by atoms with E-state index in [0.29, 0.717) is 13.1 Å². The van der Waals surface area contributed by atoms with Gasteiger partial charge >= 0.3 is 11.4 Å². The van der Waals surface area contributed by atoms with E-state index < -0.39 is 9.85 Å². The molecule has 0 radical (unpaired) electrons. The molecule has 2 rings (SSSR count). The summed E-state index contributed by atoms with van der Waals surface area (Å²) in [6, 6.07) is 0. The third kappa shape index (κ3) is 6.97. The Morgan fingerprint density at radius 1 is 0.800 bits per heavy atom. The second-order valence-electron chi connectivity index (χ2n) is 5.52. The van der Waals surface area contributed by atoms with Crippen LogP contribution in [-0.4, -0.2) is 42.9 Å². The van der Waals surface area contributed by atoms with E-state index in [1.54, 1.807) is 0 Å². The van der Waals surface area contributed by atoms with Gasteiger partial charge in [0.1, 0.15) is 0 Å². The molecule has 0 saturated heterocycles. The third-order valence-corrected chi connectivity index (χ3v) is 3.56. The van der Waals surface area contributed by atoms with Crippen LogP contribution in [0.15, 0.2) is 0 Å². The van der Waals surface area contributed by atoms with Crippen molar-refractivity contribution >= 4 is 57.8 Å². The van der Waals surface area contributed by atoms with E-state index in [-0.39, 0.29) is 45.2 Å². The van der Waals surface area contributed by atoms with Crippen molar-refractivity contribution in [2.75, 3.05) is 35.2 Å². The smallest absolute Gasteiger partial charge is 0.353 e. The maximum atomic E-state index is 10.7. The van der Waals surface area contributed by atoms with Gasteiger partial charge in [0.15, 0.2) is 0 Å². The normalized spacial score (nSPS) is 10.0. The Balaban J connectivity index is 0.000000300. The first kappa shape index (κ1) is 24.8. The first-order valence-corrected chi connectivity index (χ1v) is 9.30. The molecule has 2 heterocycles. The topological polar surface area (TPSA) is 214 Å². The van der Waals surface area contributed by atoms with Crippen molar-refractivity contribution in [1.29, 1.82) is 0 Å². The number of nitrogens with one attached hydrogen (secondary N) is 2. The van der Waals surface area contributed by atoms with Gasteiger partial charge in [-0.3, -0.25) is 20.2 Å². The summed E-state index contributed by atoms with van der Waals surface area (Å²) in [5.41, 5.74) is 10.1. The van der Waals surface area contributed by atoms with Gasteiger partial charge in [0.25, 0.3) is 0 Å². The zero-order valence-corrected chi connectivity index (χ0v) is 17.6. The molecule has 16 heteroatoms. The van der Waals surface area contributed by atoms with Gasteiger partial charge in [-0.15, -0.1) is 0 Å². The second-order valence-corrected chi connectivity index (χ2v) is 6.19. The van der Waals surface area contributed by atoms with Gasteiger partial charge in [-0.05, 0) is 36.0 Å². The number of hydrogen-bond acceptors (Lipinski definition) is 12. The predicted molar refractivity (Wildman–Crippen MR) is 114 cm³/mol. The van der Waals surface area contributed by atoms with Crippen LogP contribution in [-0.2, 0) is 0 Å². The number of nitro groups is 2. The minimum Gasteiger partial charge on any atom is -0.378 e. The van der Waals surface area contributed by atoms with Crippen LogP contribution in [0.4, 0.5) is 34.6 Å². The lowest BCUT2D eigenvalue weighted by atomic mass is 10.4. The Hall–Kier alpha value is -3.26. The lowest BCUT2D eigenvalue weighted by Crippen LogP contribution is -2.09. The molecule has 30 heavy (non-hydrogen) atoms. The highest BCUT2D eigenvalue weighted by Crippen LogP contribution is 2.29. The average molecular weight is 463 g/mol. The molecule has 0 atom stereocenters. The summed E-state index contributed by atoms with van der Waals surface area (Å²) in [6.45, 7) is 4.94. The average Bonchev–Trinajstić information content (AvgIpc) is 2.63. The summed E-state index contributed by atoms with van der Waals surface area (Å²) in [6.07, 6.45) is 1.61. The van der Waals surface area contributed by atoms with Crippen LogP contribution in [0.25, 0.3) is 0 Å². The predicted octanol–water partition coefficient (Wildman–Crippen LogP) is 2.88. The van der Waals surface area contributed by atoms with Gasteiger partial charge in [-0.2, -0.15) is 19.9 Å². The zero-order valence-electron chi connectivity index (χ0n) is 16.1. The van der Waals surface area contributed by atoms with Crippen molar-refractivity contribution in [3.63, 3.8) is 0 Å². The highest BCUT2D eigenvalue weighted by atomic mass is 35.5. The molecule has 0 aliphatic carbocycles. The van der Waals surface area contributed by atoms with Crippen LogP contribution in [0.3, 0.4) is 0 Å². The molecule has 164 valence electrons. The molecule has 0 aliphatic heterocycles. The number of nitrogens with zero attached hydrogens (tertiary/aromatic N) is 6. The van der Waals surface area contributed by atoms with Crippen molar-refractivity contribution in [2.45, 2.75) is 26.7 Å². The lowest BCUT2D eigenvalue weighted by molar-refractivity contribution is -0.383. The quantitative estimate of drug-likeness (QED) is 0.253. The SMILES string of the molecule is CCCNc1nc(Cl)nc(N)c1[N+](=O)[O-].CCCNc1nc(Cl)nc(N)c1[N+](=O)[O-]. The molecule has 0 saturated carbocycles. The van der Waals surface area contributed by atoms with Crippen molar-refractivity contribution < 1.29 is 9.85 Å². The standard InChI is InChI=1S/2C7H10ClN5O2/c2*1-2-3-10-6-4(13(14)15)5(9)11-7(8)12-6/h2*2-3H2,1H3,(H3,9,10,11,12). The minimum atomic E-state index is -0.635. The molecule has 0 spiro atoms. The van der Waals surface area contributed by atoms with Crippen LogP contribution in [0.1, 0.15) is 26.7 Å². The summed E-state index contributed by atoms with van der Waals surface area (Å²) >= 11 is 11.1. The maximum Gasteiger partial charge on any atom is 0.353 e. The molecule has 14 nitrogen and oxygen atoms in total. The van der Waals surface area contributed by atoms with E-state index in [1.165, 1.54) is 0 Å². The van der Waals surface area contributed by atoms with Crippen molar-refractivity contribution in [3.8, 4) is 0 Å². The van der Waals surface area contributed by atoms with Gasteiger partial charge in [0, 0.05) is 13.1 Å².